The molecule has 2 heterocycles. The van der Waals surface area contributed by atoms with Gasteiger partial charge in [-0.2, -0.15) is 0 Å². The molecule has 2 fully saturated rings. The van der Waals surface area contributed by atoms with Crippen molar-refractivity contribution in [3.8, 4) is 5.75 Å². The number of nitrogens with zero attached hydrogens (tertiary/aromatic N) is 2. The first kappa shape index (κ1) is 28.9. The highest BCUT2D eigenvalue weighted by Gasteiger charge is 2.54. The minimum Gasteiger partial charge on any atom is -0.497 e. The van der Waals surface area contributed by atoms with Crippen molar-refractivity contribution >= 4 is 40.9 Å². The standard InChI is InChI=1S/C31H31Cl2N3O5/c1-20(21-7-4-3-5-8-21)34-28(37)27-19-41-31(36(27)30(39)22-9-6-10-24(17-22)40-2)13-15-35(16-14-31)29(38)23-11-12-25(32)26(33)18-23/h3-12,17-18,20,27H,13-16,19H2,1-2H3,(H,34,37)/t20-,27-/m1/s1. The third-order valence-corrected chi connectivity index (χ3v) is 8.49. The number of nitrogens with one attached hydrogen (secondary N) is 1. The lowest BCUT2D eigenvalue weighted by Crippen LogP contribution is -2.60. The van der Waals surface area contributed by atoms with Gasteiger partial charge in [-0.05, 0) is 48.9 Å². The van der Waals surface area contributed by atoms with E-state index in [1.165, 1.54) is 7.11 Å². The number of ether oxygens (including phenoxy) is 2. The number of likely N-dealkylation sites (tertiary alicyclic amines) is 1. The molecule has 8 nitrogen and oxygen atoms in total. The molecule has 1 N–H and O–H groups in total. The van der Waals surface area contributed by atoms with Crippen molar-refractivity contribution in [2.24, 2.45) is 0 Å². The maximum Gasteiger partial charge on any atom is 0.257 e. The molecule has 0 aliphatic carbocycles. The molecule has 2 aliphatic heterocycles. The monoisotopic (exact) mass is 595 g/mol. The van der Waals surface area contributed by atoms with Crippen molar-refractivity contribution in [3.63, 3.8) is 0 Å². The van der Waals surface area contributed by atoms with E-state index in [9.17, 15) is 14.4 Å². The van der Waals surface area contributed by atoms with E-state index in [4.69, 9.17) is 32.7 Å². The summed E-state index contributed by atoms with van der Waals surface area (Å²) in [4.78, 5) is 44.2. The van der Waals surface area contributed by atoms with Crippen molar-refractivity contribution in [1.82, 2.24) is 15.1 Å². The normalized spacial score (nSPS) is 18.7. The van der Waals surface area contributed by atoms with Crippen LogP contribution in [0.3, 0.4) is 0 Å². The Balaban J connectivity index is 1.39. The zero-order valence-corrected chi connectivity index (χ0v) is 24.3. The zero-order chi connectivity index (χ0) is 29.1. The first-order valence-corrected chi connectivity index (χ1v) is 14.2. The first-order chi connectivity index (χ1) is 19.7. The molecule has 41 heavy (non-hydrogen) atoms. The summed E-state index contributed by atoms with van der Waals surface area (Å²) in [6.07, 6.45) is 0.682. The number of benzene rings is 3. The van der Waals surface area contributed by atoms with Gasteiger partial charge in [-0.15, -0.1) is 0 Å². The minimum absolute atomic E-state index is 0.0454. The highest BCUT2D eigenvalue weighted by Crippen LogP contribution is 2.39. The largest absolute Gasteiger partial charge is 0.497 e. The van der Waals surface area contributed by atoms with Crippen LogP contribution in [0, 0.1) is 0 Å². The summed E-state index contributed by atoms with van der Waals surface area (Å²) in [6.45, 7) is 2.61. The summed E-state index contributed by atoms with van der Waals surface area (Å²) in [5.41, 5.74) is 0.720. The van der Waals surface area contributed by atoms with E-state index in [-0.39, 0.29) is 30.4 Å². The highest BCUT2D eigenvalue weighted by atomic mass is 35.5. The fraction of sp³-hybridized carbons (Fsp3) is 0.323. The van der Waals surface area contributed by atoms with Crippen LogP contribution in [0.2, 0.25) is 10.0 Å². The number of amides is 3. The Labute approximate surface area is 249 Å². The molecule has 3 aromatic rings. The van der Waals surface area contributed by atoms with Gasteiger partial charge in [0.15, 0.2) is 0 Å². The van der Waals surface area contributed by atoms with Gasteiger partial charge in [-0.25, -0.2) is 0 Å². The molecule has 0 radical (unpaired) electrons. The predicted octanol–water partition coefficient (Wildman–Crippen LogP) is 5.35. The Hall–Kier alpha value is -3.59. The number of hydrogen-bond acceptors (Lipinski definition) is 5. The quantitative estimate of drug-likeness (QED) is 0.415. The molecule has 2 aliphatic rings. The molecule has 10 heteroatoms. The van der Waals surface area contributed by atoms with Gasteiger partial charge >= 0.3 is 0 Å². The van der Waals surface area contributed by atoms with Gasteiger partial charge in [0, 0.05) is 37.1 Å². The molecule has 0 aromatic heterocycles. The molecule has 1 spiro atoms. The van der Waals surface area contributed by atoms with Crippen LogP contribution in [-0.2, 0) is 9.53 Å². The molecule has 5 rings (SSSR count). The molecule has 214 valence electrons. The number of carbonyl (C=O) groups is 3. The molecule has 0 bridgehead atoms. The average Bonchev–Trinajstić information content (AvgIpc) is 3.37. The minimum atomic E-state index is -1.05. The summed E-state index contributed by atoms with van der Waals surface area (Å²) in [7, 11) is 1.53. The Morgan fingerprint density at radius 3 is 2.32 bits per heavy atom. The van der Waals surface area contributed by atoms with Crippen LogP contribution in [0.1, 0.15) is 52.1 Å². The van der Waals surface area contributed by atoms with Crippen LogP contribution in [0.15, 0.2) is 72.8 Å². The lowest BCUT2D eigenvalue weighted by atomic mass is 9.96. The number of carbonyl (C=O) groups excluding carboxylic acids is 3. The smallest absolute Gasteiger partial charge is 0.257 e. The Kier molecular flexibility index (Phi) is 8.54. The van der Waals surface area contributed by atoms with E-state index in [0.717, 1.165) is 5.56 Å². The van der Waals surface area contributed by atoms with E-state index in [2.05, 4.69) is 5.32 Å². The lowest BCUT2D eigenvalue weighted by Gasteiger charge is -2.44. The Morgan fingerprint density at radius 2 is 1.63 bits per heavy atom. The zero-order valence-electron chi connectivity index (χ0n) is 22.8. The second-order valence-electron chi connectivity index (χ2n) is 10.2. The van der Waals surface area contributed by atoms with E-state index in [1.54, 1.807) is 52.3 Å². The van der Waals surface area contributed by atoms with Gasteiger partial charge in [0.2, 0.25) is 5.91 Å². The number of rotatable bonds is 6. The van der Waals surface area contributed by atoms with Crippen molar-refractivity contribution in [2.45, 2.75) is 37.6 Å². The van der Waals surface area contributed by atoms with Crippen molar-refractivity contribution in [1.29, 1.82) is 0 Å². The van der Waals surface area contributed by atoms with E-state index >= 15 is 0 Å². The topological polar surface area (TPSA) is 88.2 Å². The van der Waals surface area contributed by atoms with Gasteiger partial charge in [0.25, 0.3) is 11.8 Å². The number of hydrogen-bond donors (Lipinski definition) is 1. The maximum absolute atomic E-state index is 14.1. The third kappa shape index (κ3) is 5.91. The first-order valence-electron chi connectivity index (χ1n) is 13.4. The van der Waals surface area contributed by atoms with Crippen molar-refractivity contribution in [2.75, 3.05) is 26.8 Å². The fourth-order valence-electron chi connectivity index (χ4n) is 5.47. The van der Waals surface area contributed by atoms with Gasteiger partial charge in [0.1, 0.15) is 17.5 Å². The van der Waals surface area contributed by atoms with Crippen molar-refractivity contribution in [3.05, 3.63) is 99.5 Å². The van der Waals surface area contributed by atoms with Gasteiger partial charge in [-0.1, -0.05) is 59.6 Å². The molecule has 3 amide bonds. The van der Waals surface area contributed by atoms with E-state index in [1.807, 2.05) is 37.3 Å². The number of methoxy groups -OCH3 is 1. The van der Waals surface area contributed by atoms with Crippen LogP contribution in [0.25, 0.3) is 0 Å². The van der Waals surface area contributed by atoms with Gasteiger partial charge < -0.3 is 19.7 Å². The van der Waals surface area contributed by atoms with Crippen LogP contribution in [-0.4, -0.2) is 66.1 Å². The van der Waals surface area contributed by atoms with E-state index in [0.29, 0.717) is 52.9 Å². The Morgan fingerprint density at radius 1 is 0.927 bits per heavy atom. The average molecular weight is 597 g/mol. The highest BCUT2D eigenvalue weighted by molar-refractivity contribution is 6.42. The summed E-state index contributed by atoms with van der Waals surface area (Å²) in [5.74, 6) is -0.291. The number of halogens is 2. The number of piperidine rings is 1. The van der Waals surface area contributed by atoms with Crippen LogP contribution < -0.4 is 10.1 Å². The molecule has 3 aromatic carbocycles. The van der Waals surface area contributed by atoms with Crippen LogP contribution >= 0.6 is 23.2 Å². The molecular formula is C31H31Cl2N3O5. The van der Waals surface area contributed by atoms with Gasteiger partial charge in [-0.3, -0.25) is 19.3 Å². The molecule has 2 saturated heterocycles. The molecular weight excluding hydrogens is 565 g/mol. The van der Waals surface area contributed by atoms with Crippen molar-refractivity contribution < 1.29 is 23.9 Å². The SMILES string of the molecule is COc1cccc(C(=O)N2[C@@H](C(=O)N[C@H](C)c3ccccc3)COC23CCN(C(=O)c2ccc(Cl)c(Cl)c2)CC3)c1. The third-order valence-electron chi connectivity index (χ3n) is 7.76. The van der Waals surface area contributed by atoms with E-state index < -0.39 is 11.8 Å². The fourth-order valence-corrected chi connectivity index (χ4v) is 5.77. The summed E-state index contributed by atoms with van der Waals surface area (Å²) >= 11 is 12.2. The summed E-state index contributed by atoms with van der Waals surface area (Å²) in [5, 5.41) is 3.73. The second kappa shape index (κ2) is 12.1. The van der Waals surface area contributed by atoms with Crippen LogP contribution in [0.4, 0.5) is 0 Å². The summed E-state index contributed by atoms with van der Waals surface area (Å²) < 4.78 is 11.7. The van der Waals surface area contributed by atoms with Gasteiger partial charge in [0.05, 0.1) is 29.8 Å². The Bertz CT molecular complexity index is 1440. The second-order valence-corrected chi connectivity index (χ2v) is 11.1. The predicted molar refractivity (Wildman–Crippen MR) is 156 cm³/mol. The molecule has 0 unspecified atom stereocenters. The van der Waals surface area contributed by atoms with Crippen LogP contribution in [0.5, 0.6) is 5.75 Å². The maximum atomic E-state index is 14.1. The summed E-state index contributed by atoms with van der Waals surface area (Å²) in [6, 6.07) is 20.1. The lowest BCUT2D eigenvalue weighted by molar-refractivity contribution is -0.128. The molecule has 2 atom stereocenters. The molecule has 0 saturated carbocycles.